The average molecular weight is 537 g/mol. The smallest absolute Gasteiger partial charge is 0.410 e. The van der Waals surface area contributed by atoms with Gasteiger partial charge in [-0.2, -0.15) is 0 Å². The molecule has 0 radical (unpaired) electrons. The number of carbonyl (C=O) groups excluding carboxylic acids is 1. The van der Waals surface area contributed by atoms with E-state index in [1.54, 1.807) is 17.9 Å². The minimum absolute atomic E-state index is 0. The van der Waals surface area contributed by atoms with Crippen LogP contribution in [0.4, 0.5) is 4.79 Å². The van der Waals surface area contributed by atoms with Crippen LogP contribution in [0.25, 0.3) is 0 Å². The van der Waals surface area contributed by atoms with Gasteiger partial charge in [-0.15, -0.1) is 24.0 Å². The highest BCUT2D eigenvalue weighted by Gasteiger charge is 2.37. The Kier molecular flexibility index (Phi) is 7.67. The zero-order valence-electron chi connectivity index (χ0n) is 17.3. The van der Waals surface area contributed by atoms with E-state index in [2.05, 4.69) is 15.2 Å². The second kappa shape index (κ2) is 9.26. The number of benzene rings is 1. The highest BCUT2D eigenvalue weighted by molar-refractivity contribution is 14.0. The fraction of sp³-hybridized carbons (Fsp3) is 0.600. The molecule has 0 saturated carbocycles. The summed E-state index contributed by atoms with van der Waals surface area (Å²) in [6.07, 6.45) is -0.282. The molecule has 1 saturated heterocycles. The van der Waals surface area contributed by atoms with Crippen molar-refractivity contribution in [2.24, 2.45) is 4.99 Å². The van der Waals surface area contributed by atoms with Crippen molar-refractivity contribution in [1.82, 2.24) is 15.1 Å². The van der Waals surface area contributed by atoms with Gasteiger partial charge in [0.2, 0.25) is 0 Å². The lowest BCUT2D eigenvalue weighted by Crippen LogP contribution is -2.58. The molecule has 29 heavy (non-hydrogen) atoms. The van der Waals surface area contributed by atoms with Crippen LogP contribution < -0.4 is 5.32 Å². The number of nitrogens with one attached hydrogen (secondary N) is 1. The van der Waals surface area contributed by atoms with E-state index in [0.29, 0.717) is 36.8 Å². The topological polar surface area (TPSA) is 77.4 Å². The number of fused-ring (bicyclic) bond motifs is 1. The highest BCUT2D eigenvalue weighted by Crippen LogP contribution is 2.27. The number of aliphatic hydroxyl groups is 1. The zero-order valence-corrected chi connectivity index (χ0v) is 20.4. The van der Waals surface area contributed by atoms with Gasteiger partial charge in [0, 0.05) is 30.2 Å². The molecule has 0 spiro atoms. The van der Waals surface area contributed by atoms with Crippen LogP contribution in [-0.2, 0) is 10.3 Å². The molecule has 0 bridgehead atoms. The number of piperazine rings is 1. The van der Waals surface area contributed by atoms with E-state index in [0.717, 1.165) is 5.96 Å². The Hall–Kier alpha value is -1.26. The van der Waals surface area contributed by atoms with Crippen molar-refractivity contribution in [3.05, 3.63) is 34.9 Å². The van der Waals surface area contributed by atoms with E-state index in [1.165, 1.54) is 0 Å². The first kappa shape index (κ1) is 24.0. The third-order valence-electron chi connectivity index (χ3n) is 4.90. The zero-order chi connectivity index (χ0) is 20.5. The molecule has 2 aliphatic heterocycles. The first-order valence-electron chi connectivity index (χ1n) is 9.57. The lowest BCUT2D eigenvalue weighted by molar-refractivity contribution is 0.0136. The third-order valence-corrected chi connectivity index (χ3v) is 5.23. The standard InChI is InChI=1S/C20H29ClN4O3.HI/c1-19(2,3)28-18(26)24-9-10-25-14(12-24)11-22-17(25)23-13-20(4,27)15-7-5-6-8-16(15)21;/h5-8,14,27H,9-13H2,1-4H3,(H,22,23);1H. The number of hydrogen-bond acceptors (Lipinski definition) is 6. The number of hydrogen-bond donors (Lipinski definition) is 2. The molecule has 2 unspecified atom stereocenters. The summed E-state index contributed by atoms with van der Waals surface area (Å²) in [5, 5.41) is 14.7. The fourth-order valence-corrected chi connectivity index (χ4v) is 3.81. The first-order valence-corrected chi connectivity index (χ1v) is 9.95. The maximum Gasteiger partial charge on any atom is 0.410 e. The molecule has 7 nitrogen and oxygen atoms in total. The number of amides is 1. The Labute approximate surface area is 194 Å². The molecular formula is C20H30ClIN4O3. The van der Waals surface area contributed by atoms with Crippen LogP contribution >= 0.6 is 35.6 Å². The minimum atomic E-state index is -1.13. The summed E-state index contributed by atoms with van der Waals surface area (Å²) < 4.78 is 5.47. The number of halogens is 2. The van der Waals surface area contributed by atoms with Gasteiger partial charge < -0.3 is 25.0 Å². The SMILES string of the molecule is CC(C)(C)OC(=O)N1CCN2C(NCC(C)(O)c3ccccc3Cl)=NCC2C1.I. The van der Waals surface area contributed by atoms with Gasteiger partial charge in [0.1, 0.15) is 11.2 Å². The van der Waals surface area contributed by atoms with Crippen LogP contribution in [0.5, 0.6) is 0 Å². The van der Waals surface area contributed by atoms with Crippen LogP contribution in [0.3, 0.4) is 0 Å². The molecule has 2 atom stereocenters. The number of aliphatic imine (C=N–C) groups is 1. The van der Waals surface area contributed by atoms with E-state index < -0.39 is 11.2 Å². The molecule has 2 aliphatic rings. The number of carbonyl (C=O) groups is 1. The van der Waals surface area contributed by atoms with E-state index in [-0.39, 0.29) is 42.7 Å². The molecule has 2 N–H and O–H groups in total. The Morgan fingerprint density at radius 3 is 2.66 bits per heavy atom. The molecular weight excluding hydrogens is 507 g/mol. The second-order valence-electron chi connectivity index (χ2n) is 8.55. The van der Waals surface area contributed by atoms with E-state index >= 15 is 0 Å². The molecule has 3 rings (SSSR count). The van der Waals surface area contributed by atoms with E-state index in [1.807, 2.05) is 39.0 Å². The summed E-state index contributed by atoms with van der Waals surface area (Å²) in [6.45, 7) is 10.0. The van der Waals surface area contributed by atoms with E-state index in [4.69, 9.17) is 16.3 Å². The summed E-state index contributed by atoms with van der Waals surface area (Å²) >= 11 is 6.23. The van der Waals surface area contributed by atoms with Gasteiger partial charge in [-0.1, -0.05) is 29.8 Å². The van der Waals surface area contributed by atoms with Crippen LogP contribution in [0.1, 0.15) is 33.3 Å². The van der Waals surface area contributed by atoms with Crippen molar-refractivity contribution in [3.8, 4) is 0 Å². The molecule has 9 heteroatoms. The van der Waals surface area contributed by atoms with Crippen molar-refractivity contribution < 1.29 is 14.6 Å². The minimum Gasteiger partial charge on any atom is -0.444 e. The molecule has 1 aromatic carbocycles. The Morgan fingerprint density at radius 1 is 1.31 bits per heavy atom. The molecule has 0 aliphatic carbocycles. The number of rotatable bonds is 3. The lowest BCUT2D eigenvalue weighted by Gasteiger charge is -2.39. The average Bonchev–Trinajstić information content (AvgIpc) is 3.01. The normalized spacial score (nSPS) is 20.9. The summed E-state index contributed by atoms with van der Waals surface area (Å²) in [5.41, 5.74) is -0.955. The van der Waals surface area contributed by atoms with Gasteiger partial charge in [0.15, 0.2) is 5.96 Å². The summed E-state index contributed by atoms with van der Waals surface area (Å²) in [6, 6.07) is 7.40. The number of guanidine groups is 1. The van der Waals surface area contributed by atoms with Crippen LogP contribution in [0.2, 0.25) is 5.02 Å². The van der Waals surface area contributed by atoms with Gasteiger partial charge in [-0.3, -0.25) is 4.99 Å². The van der Waals surface area contributed by atoms with Gasteiger partial charge in [-0.25, -0.2) is 4.79 Å². The summed E-state index contributed by atoms with van der Waals surface area (Å²) in [5.74, 6) is 0.751. The molecule has 0 aromatic heterocycles. The van der Waals surface area contributed by atoms with Gasteiger partial charge in [0.05, 0.1) is 19.1 Å². The quantitative estimate of drug-likeness (QED) is 0.581. The van der Waals surface area contributed by atoms with Gasteiger partial charge in [-0.05, 0) is 33.8 Å². The van der Waals surface area contributed by atoms with Crippen molar-refractivity contribution in [3.63, 3.8) is 0 Å². The number of nitrogens with zero attached hydrogens (tertiary/aromatic N) is 3. The molecule has 1 aromatic rings. The number of ether oxygens (including phenoxy) is 1. The van der Waals surface area contributed by atoms with Gasteiger partial charge in [0.25, 0.3) is 0 Å². The second-order valence-corrected chi connectivity index (χ2v) is 8.95. The Balaban J connectivity index is 0.00000300. The van der Waals surface area contributed by atoms with Crippen LogP contribution in [0, 0.1) is 0 Å². The van der Waals surface area contributed by atoms with Crippen molar-refractivity contribution in [2.75, 3.05) is 32.7 Å². The Bertz CT molecular complexity index is 766. The predicted octanol–water partition coefficient (Wildman–Crippen LogP) is 3.05. The fourth-order valence-electron chi connectivity index (χ4n) is 3.47. The predicted molar refractivity (Wildman–Crippen MR) is 125 cm³/mol. The highest BCUT2D eigenvalue weighted by atomic mass is 127. The third kappa shape index (κ3) is 5.88. The molecule has 162 valence electrons. The largest absolute Gasteiger partial charge is 0.444 e. The maximum absolute atomic E-state index is 12.3. The molecule has 1 fully saturated rings. The first-order chi connectivity index (χ1) is 13.1. The van der Waals surface area contributed by atoms with Crippen molar-refractivity contribution in [2.45, 2.75) is 44.9 Å². The van der Waals surface area contributed by atoms with Crippen molar-refractivity contribution >= 4 is 47.6 Å². The van der Waals surface area contributed by atoms with Gasteiger partial charge >= 0.3 is 6.09 Å². The monoisotopic (exact) mass is 536 g/mol. The summed E-state index contributed by atoms with van der Waals surface area (Å²) in [7, 11) is 0. The lowest BCUT2D eigenvalue weighted by atomic mass is 9.96. The Morgan fingerprint density at radius 2 is 2.00 bits per heavy atom. The van der Waals surface area contributed by atoms with Crippen LogP contribution in [-0.4, -0.2) is 71.3 Å². The van der Waals surface area contributed by atoms with Crippen LogP contribution in [0.15, 0.2) is 29.3 Å². The summed E-state index contributed by atoms with van der Waals surface area (Å²) in [4.78, 5) is 20.8. The molecule has 2 heterocycles. The molecule has 1 amide bonds. The maximum atomic E-state index is 12.3. The van der Waals surface area contributed by atoms with Crippen molar-refractivity contribution in [1.29, 1.82) is 0 Å². The van der Waals surface area contributed by atoms with E-state index in [9.17, 15) is 9.90 Å².